The lowest BCUT2D eigenvalue weighted by Gasteiger charge is -2.17. The molecule has 3 aromatic rings. The summed E-state index contributed by atoms with van der Waals surface area (Å²) in [5.74, 6) is -0.156. The minimum Gasteiger partial charge on any atom is -0.463 e. The molecule has 1 atom stereocenters. The molecule has 3 rings (SSSR count). The molecule has 0 aliphatic carbocycles. The lowest BCUT2D eigenvalue weighted by Crippen LogP contribution is -2.16. The predicted octanol–water partition coefficient (Wildman–Crippen LogP) is 4.78. The van der Waals surface area contributed by atoms with Crippen LogP contribution >= 0.6 is 0 Å². The Kier molecular flexibility index (Phi) is 5.54. The summed E-state index contributed by atoms with van der Waals surface area (Å²) in [6.07, 6.45) is 2.87. The first kappa shape index (κ1) is 19.7. The van der Waals surface area contributed by atoms with E-state index in [0.717, 1.165) is 44.9 Å². The number of aromatic amines is 1. The van der Waals surface area contributed by atoms with Gasteiger partial charge in [-0.15, -0.1) is 6.58 Å². The smallest absolute Gasteiger partial charge is 0.308 e. The fraction of sp³-hybridized carbons (Fsp3) is 0.304. The number of esters is 2. The maximum atomic E-state index is 11.6. The lowest BCUT2D eigenvalue weighted by atomic mass is 9.97. The Hall–Kier alpha value is -3.08. The maximum Gasteiger partial charge on any atom is 0.308 e. The van der Waals surface area contributed by atoms with E-state index in [1.54, 1.807) is 0 Å². The molecule has 1 aromatic heterocycles. The minimum absolute atomic E-state index is 0.297. The van der Waals surface area contributed by atoms with Crippen LogP contribution in [0.3, 0.4) is 0 Å². The van der Waals surface area contributed by atoms with Crippen LogP contribution in [0.5, 0.6) is 5.75 Å². The Morgan fingerprint density at radius 2 is 1.93 bits per heavy atom. The summed E-state index contributed by atoms with van der Waals surface area (Å²) in [5, 5.41) is 2.04. The van der Waals surface area contributed by atoms with Gasteiger partial charge in [0.1, 0.15) is 11.9 Å². The van der Waals surface area contributed by atoms with Crippen LogP contribution in [0.4, 0.5) is 0 Å². The van der Waals surface area contributed by atoms with E-state index in [0.29, 0.717) is 12.2 Å². The zero-order valence-corrected chi connectivity index (χ0v) is 16.7. The highest BCUT2D eigenvalue weighted by atomic mass is 16.5. The van der Waals surface area contributed by atoms with Crippen LogP contribution < -0.4 is 4.74 Å². The van der Waals surface area contributed by atoms with Gasteiger partial charge in [0.05, 0.1) is 5.52 Å². The van der Waals surface area contributed by atoms with Gasteiger partial charge in [0.25, 0.3) is 0 Å². The molecule has 0 saturated carbocycles. The van der Waals surface area contributed by atoms with Gasteiger partial charge >= 0.3 is 11.9 Å². The van der Waals surface area contributed by atoms with Crippen molar-refractivity contribution in [2.45, 2.75) is 46.6 Å². The Bertz CT molecular complexity index is 1080. The third-order valence-corrected chi connectivity index (χ3v) is 4.80. The van der Waals surface area contributed by atoms with Crippen molar-refractivity contribution in [2.24, 2.45) is 0 Å². The van der Waals surface area contributed by atoms with Gasteiger partial charge < -0.3 is 14.5 Å². The Balaban J connectivity index is 2.23. The molecule has 1 unspecified atom stereocenters. The highest BCUT2D eigenvalue weighted by Crippen LogP contribution is 2.36. The molecule has 1 N–H and O–H groups in total. The highest BCUT2D eigenvalue weighted by molar-refractivity contribution is 6.09. The minimum atomic E-state index is -0.367. The largest absolute Gasteiger partial charge is 0.463 e. The lowest BCUT2D eigenvalue weighted by molar-refractivity contribution is -0.145. The van der Waals surface area contributed by atoms with Crippen molar-refractivity contribution in [3.05, 3.63) is 53.6 Å². The summed E-state index contributed by atoms with van der Waals surface area (Å²) < 4.78 is 10.8. The standard InChI is InChI=1S/C23H25NO4/c1-6-7-17-8-9-21-19(11-17)20-12-22(28-16(5)26)14(3)18(23(20)24-21)10-13(2)27-15(4)25/h6,8-9,11-13,24H,1,7,10H2,2-5H3. The predicted molar refractivity (Wildman–Crippen MR) is 111 cm³/mol. The molecule has 146 valence electrons. The second kappa shape index (κ2) is 7.89. The van der Waals surface area contributed by atoms with Gasteiger partial charge in [-0.1, -0.05) is 12.1 Å². The second-order valence-corrected chi connectivity index (χ2v) is 7.12. The number of allylic oxidation sites excluding steroid dienone is 1. The molecule has 0 radical (unpaired) electrons. The number of fused-ring (bicyclic) bond motifs is 3. The summed E-state index contributed by atoms with van der Waals surface area (Å²) in [4.78, 5) is 26.4. The normalized spacial score (nSPS) is 12.1. The number of rotatable bonds is 6. The second-order valence-electron chi connectivity index (χ2n) is 7.12. The van der Waals surface area contributed by atoms with E-state index in [1.165, 1.54) is 13.8 Å². The molecule has 5 nitrogen and oxygen atoms in total. The topological polar surface area (TPSA) is 68.4 Å². The number of benzene rings is 2. The van der Waals surface area contributed by atoms with Gasteiger partial charge in [0, 0.05) is 36.6 Å². The zero-order valence-electron chi connectivity index (χ0n) is 16.7. The number of hydrogen-bond acceptors (Lipinski definition) is 4. The van der Waals surface area contributed by atoms with Crippen LogP contribution in [0.1, 0.15) is 37.5 Å². The molecule has 0 amide bonds. The summed E-state index contributed by atoms with van der Waals surface area (Å²) >= 11 is 0. The van der Waals surface area contributed by atoms with Crippen molar-refractivity contribution in [2.75, 3.05) is 0 Å². The molecule has 0 bridgehead atoms. The van der Waals surface area contributed by atoms with Crippen LogP contribution in [0.2, 0.25) is 0 Å². The molecule has 0 saturated heterocycles. The van der Waals surface area contributed by atoms with Gasteiger partial charge in [0.2, 0.25) is 0 Å². The van der Waals surface area contributed by atoms with E-state index in [1.807, 2.05) is 32.1 Å². The summed E-state index contributed by atoms with van der Waals surface area (Å²) in [6, 6.07) is 8.15. The van der Waals surface area contributed by atoms with Crippen molar-refractivity contribution in [1.82, 2.24) is 4.98 Å². The van der Waals surface area contributed by atoms with E-state index in [-0.39, 0.29) is 18.0 Å². The summed E-state index contributed by atoms with van der Waals surface area (Å²) in [5.41, 5.74) is 4.97. The highest BCUT2D eigenvalue weighted by Gasteiger charge is 2.19. The first-order chi connectivity index (χ1) is 13.3. The van der Waals surface area contributed by atoms with Crippen molar-refractivity contribution >= 4 is 33.7 Å². The molecule has 2 aromatic carbocycles. The van der Waals surface area contributed by atoms with Crippen LogP contribution in [0.15, 0.2) is 36.9 Å². The molecule has 28 heavy (non-hydrogen) atoms. The van der Waals surface area contributed by atoms with Gasteiger partial charge in [-0.05, 0) is 55.2 Å². The summed E-state index contributed by atoms with van der Waals surface area (Å²) in [7, 11) is 0. The first-order valence-corrected chi connectivity index (χ1v) is 9.33. The van der Waals surface area contributed by atoms with Crippen molar-refractivity contribution in [3.63, 3.8) is 0 Å². The number of nitrogens with one attached hydrogen (secondary N) is 1. The number of aromatic nitrogens is 1. The monoisotopic (exact) mass is 379 g/mol. The average molecular weight is 379 g/mol. The maximum absolute atomic E-state index is 11.6. The van der Waals surface area contributed by atoms with E-state index in [2.05, 4.69) is 23.7 Å². The molecular formula is C23H25NO4. The number of hydrogen-bond donors (Lipinski definition) is 1. The number of H-pyrrole nitrogens is 1. The number of carbonyl (C=O) groups excluding carboxylic acids is 2. The molecule has 0 aliphatic heterocycles. The zero-order chi connectivity index (χ0) is 20.4. The van der Waals surface area contributed by atoms with Crippen LogP contribution in [-0.2, 0) is 27.2 Å². The Morgan fingerprint density at radius 1 is 1.18 bits per heavy atom. The summed E-state index contributed by atoms with van der Waals surface area (Å²) in [6.45, 7) is 10.4. The van der Waals surface area contributed by atoms with Crippen LogP contribution in [0.25, 0.3) is 21.8 Å². The van der Waals surface area contributed by atoms with E-state index >= 15 is 0 Å². The Morgan fingerprint density at radius 3 is 2.57 bits per heavy atom. The molecule has 0 spiro atoms. The number of ether oxygens (including phenoxy) is 2. The molecule has 1 heterocycles. The van der Waals surface area contributed by atoms with Crippen molar-refractivity contribution in [3.8, 4) is 5.75 Å². The first-order valence-electron chi connectivity index (χ1n) is 9.33. The quantitative estimate of drug-likeness (QED) is 0.380. The van der Waals surface area contributed by atoms with Crippen molar-refractivity contribution in [1.29, 1.82) is 0 Å². The van der Waals surface area contributed by atoms with E-state index in [4.69, 9.17) is 9.47 Å². The SMILES string of the molecule is C=CCc1ccc2[nH]c3c(CC(C)OC(C)=O)c(C)c(OC(C)=O)cc3c2c1. The fourth-order valence-electron chi connectivity index (χ4n) is 3.65. The molecule has 5 heteroatoms. The van der Waals surface area contributed by atoms with Gasteiger partial charge in [0.15, 0.2) is 0 Å². The average Bonchev–Trinajstić information content (AvgIpc) is 2.95. The van der Waals surface area contributed by atoms with Gasteiger partial charge in [-0.25, -0.2) is 0 Å². The van der Waals surface area contributed by atoms with Crippen LogP contribution in [-0.4, -0.2) is 23.0 Å². The van der Waals surface area contributed by atoms with E-state index in [9.17, 15) is 9.59 Å². The third kappa shape index (κ3) is 3.93. The Labute approximate surface area is 164 Å². The molecule has 0 aliphatic rings. The van der Waals surface area contributed by atoms with Crippen molar-refractivity contribution < 1.29 is 19.1 Å². The van der Waals surface area contributed by atoms with Gasteiger partial charge in [-0.2, -0.15) is 0 Å². The van der Waals surface area contributed by atoms with Gasteiger partial charge in [-0.3, -0.25) is 9.59 Å². The molecular weight excluding hydrogens is 354 g/mol. The number of carbonyl (C=O) groups is 2. The van der Waals surface area contributed by atoms with E-state index < -0.39 is 0 Å². The fourth-order valence-corrected chi connectivity index (χ4v) is 3.65. The van der Waals surface area contributed by atoms with Crippen LogP contribution in [0, 0.1) is 6.92 Å². The molecule has 0 fully saturated rings. The third-order valence-electron chi connectivity index (χ3n) is 4.80.